The van der Waals surface area contributed by atoms with E-state index >= 15 is 0 Å². The molecule has 0 radical (unpaired) electrons. The van der Waals surface area contributed by atoms with Crippen LogP contribution in [0, 0.1) is 5.82 Å². The molecule has 0 spiro atoms. The van der Waals surface area contributed by atoms with Crippen molar-refractivity contribution in [2.75, 3.05) is 12.4 Å². The van der Waals surface area contributed by atoms with Gasteiger partial charge in [0.1, 0.15) is 5.82 Å². The first-order chi connectivity index (χ1) is 12.5. The molecule has 0 N–H and O–H groups in total. The number of rotatable bonds is 6. The van der Waals surface area contributed by atoms with E-state index in [2.05, 4.69) is 4.98 Å². The number of hydrogen-bond acceptors (Lipinski definition) is 4. The Bertz CT molecular complexity index is 991. The summed E-state index contributed by atoms with van der Waals surface area (Å²) in [5.41, 5.74) is 0.881. The molecule has 0 aliphatic carbocycles. The molecule has 0 atom stereocenters. The van der Waals surface area contributed by atoms with Gasteiger partial charge in [0.2, 0.25) is 0 Å². The highest BCUT2D eigenvalue weighted by atomic mass is 35.5. The summed E-state index contributed by atoms with van der Waals surface area (Å²) < 4.78 is 20.6. The third-order valence-corrected chi connectivity index (χ3v) is 4.86. The number of para-hydroxylation sites is 1. The number of benzene rings is 2. The fraction of sp³-hybridized carbons (Fsp3) is 0.263. The maximum Gasteiger partial charge on any atom is 0.266 e. The smallest absolute Gasteiger partial charge is 0.266 e. The van der Waals surface area contributed by atoms with Crippen LogP contribution in [0.5, 0.6) is 0 Å². The Morgan fingerprint density at radius 2 is 2.04 bits per heavy atom. The van der Waals surface area contributed by atoms with Crippen LogP contribution in [-0.2, 0) is 4.74 Å². The first-order valence-corrected chi connectivity index (χ1v) is 9.55. The van der Waals surface area contributed by atoms with E-state index in [0.717, 1.165) is 0 Å². The summed E-state index contributed by atoms with van der Waals surface area (Å²) in [6.07, 6.45) is 0.137. The second kappa shape index (κ2) is 8.20. The Labute approximate surface area is 160 Å². The van der Waals surface area contributed by atoms with Crippen LogP contribution in [-0.4, -0.2) is 28.0 Å². The highest BCUT2D eigenvalue weighted by Gasteiger charge is 2.14. The van der Waals surface area contributed by atoms with Gasteiger partial charge in [-0.1, -0.05) is 35.5 Å². The van der Waals surface area contributed by atoms with Gasteiger partial charge in [0, 0.05) is 5.75 Å². The predicted molar refractivity (Wildman–Crippen MR) is 104 cm³/mol. The molecule has 136 valence electrons. The third-order valence-electron chi connectivity index (χ3n) is 3.67. The SMILES string of the molecule is CC(C)OCCSc1nc2ccccc2c(=O)n1-c1ccc(F)c(Cl)c1. The van der Waals surface area contributed by atoms with Gasteiger partial charge in [-0.15, -0.1) is 0 Å². The molecule has 0 unspecified atom stereocenters. The molecule has 0 bridgehead atoms. The second-order valence-electron chi connectivity index (χ2n) is 5.92. The molecule has 2 aromatic carbocycles. The van der Waals surface area contributed by atoms with E-state index in [4.69, 9.17) is 16.3 Å². The fourth-order valence-electron chi connectivity index (χ4n) is 2.48. The van der Waals surface area contributed by atoms with Gasteiger partial charge in [-0.3, -0.25) is 9.36 Å². The highest BCUT2D eigenvalue weighted by Crippen LogP contribution is 2.24. The molecule has 1 aromatic heterocycles. The van der Waals surface area contributed by atoms with Crippen molar-refractivity contribution in [1.82, 2.24) is 9.55 Å². The zero-order chi connectivity index (χ0) is 18.7. The van der Waals surface area contributed by atoms with E-state index in [1.165, 1.54) is 34.5 Å². The van der Waals surface area contributed by atoms with Crippen molar-refractivity contribution in [2.45, 2.75) is 25.1 Å². The average molecular weight is 393 g/mol. The Morgan fingerprint density at radius 1 is 1.27 bits per heavy atom. The number of halogens is 2. The third kappa shape index (κ3) is 4.09. The summed E-state index contributed by atoms with van der Waals surface area (Å²) in [4.78, 5) is 17.6. The normalized spacial score (nSPS) is 11.4. The summed E-state index contributed by atoms with van der Waals surface area (Å²) >= 11 is 7.32. The number of ether oxygens (including phenoxy) is 1. The van der Waals surface area contributed by atoms with Crippen molar-refractivity contribution in [3.63, 3.8) is 0 Å². The van der Waals surface area contributed by atoms with Gasteiger partial charge in [0.25, 0.3) is 5.56 Å². The standard InChI is InChI=1S/C19H18ClFN2O2S/c1-12(2)25-9-10-26-19-22-17-6-4-3-5-14(17)18(24)23(19)13-7-8-16(21)15(20)11-13/h3-8,11-12H,9-10H2,1-2H3. The van der Waals surface area contributed by atoms with Gasteiger partial charge in [0.15, 0.2) is 5.16 Å². The summed E-state index contributed by atoms with van der Waals surface area (Å²) in [5.74, 6) is 0.106. The van der Waals surface area contributed by atoms with Crippen molar-refractivity contribution in [3.8, 4) is 5.69 Å². The minimum Gasteiger partial charge on any atom is -0.378 e. The molecule has 1 heterocycles. The maximum absolute atomic E-state index is 13.5. The Kier molecular flexibility index (Phi) is 5.96. The topological polar surface area (TPSA) is 44.1 Å². The molecule has 0 aliphatic rings. The lowest BCUT2D eigenvalue weighted by molar-refractivity contribution is 0.0920. The van der Waals surface area contributed by atoms with E-state index in [9.17, 15) is 9.18 Å². The molecule has 3 aromatic rings. The molecule has 0 aliphatic heterocycles. The molecule has 0 saturated heterocycles. The van der Waals surface area contributed by atoms with Crippen LogP contribution in [0.15, 0.2) is 52.4 Å². The van der Waals surface area contributed by atoms with Gasteiger partial charge in [0.05, 0.1) is 34.3 Å². The fourth-order valence-corrected chi connectivity index (χ4v) is 3.49. The van der Waals surface area contributed by atoms with Crippen LogP contribution in [0.1, 0.15) is 13.8 Å². The second-order valence-corrected chi connectivity index (χ2v) is 7.39. The highest BCUT2D eigenvalue weighted by molar-refractivity contribution is 7.99. The summed E-state index contributed by atoms with van der Waals surface area (Å²) in [7, 11) is 0. The number of nitrogens with zero attached hydrogens (tertiary/aromatic N) is 2. The van der Waals surface area contributed by atoms with E-state index < -0.39 is 5.82 Å². The van der Waals surface area contributed by atoms with E-state index in [-0.39, 0.29) is 16.7 Å². The molecule has 3 rings (SSSR count). The van der Waals surface area contributed by atoms with Crippen molar-refractivity contribution in [3.05, 3.63) is 63.7 Å². The lowest BCUT2D eigenvalue weighted by Crippen LogP contribution is -2.22. The zero-order valence-corrected chi connectivity index (χ0v) is 16.0. The van der Waals surface area contributed by atoms with Crippen molar-refractivity contribution in [2.24, 2.45) is 0 Å². The van der Waals surface area contributed by atoms with Crippen LogP contribution in [0.3, 0.4) is 0 Å². The Morgan fingerprint density at radius 3 is 2.77 bits per heavy atom. The van der Waals surface area contributed by atoms with Crippen LogP contribution in [0.25, 0.3) is 16.6 Å². The first-order valence-electron chi connectivity index (χ1n) is 8.19. The molecular formula is C19H18ClFN2O2S. The van der Waals surface area contributed by atoms with E-state index in [1.54, 1.807) is 18.2 Å². The lowest BCUT2D eigenvalue weighted by Gasteiger charge is -2.14. The molecule has 0 fully saturated rings. The summed E-state index contributed by atoms with van der Waals surface area (Å²) in [5, 5.41) is 0.973. The number of thioether (sulfide) groups is 1. The van der Waals surface area contributed by atoms with E-state index in [0.29, 0.717) is 34.1 Å². The number of aromatic nitrogens is 2. The Hall–Kier alpha value is -1.89. The Balaban J connectivity index is 2.08. The molecule has 4 nitrogen and oxygen atoms in total. The zero-order valence-electron chi connectivity index (χ0n) is 14.4. The van der Waals surface area contributed by atoms with Crippen LogP contribution in [0.4, 0.5) is 4.39 Å². The van der Waals surface area contributed by atoms with Crippen LogP contribution < -0.4 is 5.56 Å². The van der Waals surface area contributed by atoms with Crippen LogP contribution in [0.2, 0.25) is 5.02 Å². The molecule has 0 amide bonds. The lowest BCUT2D eigenvalue weighted by atomic mass is 10.2. The van der Waals surface area contributed by atoms with Crippen molar-refractivity contribution >= 4 is 34.3 Å². The minimum atomic E-state index is -0.531. The first kappa shape index (κ1) is 18.9. The summed E-state index contributed by atoms with van der Waals surface area (Å²) in [6.45, 7) is 4.47. The van der Waals surface area contributed by atoms with Gasteiger partial charge in [-0.05, 0) is 44.2 Å². The van der Waals surface area contributed by atoms with Crippen LogP contribution >= 0.6 is 23.4 Å². The van der Waals surface area contributed by atoms with Gasteiger partial charge < -0.3 is 4.74 Å². The van der Waals surface area contributed by atoms with Gasteiger partial charge >= 0.3 is 0 Å². The predicted octanol–water partition coefficient (Wildman–Crippen LogP) is 4.70. The molecular weight excluding hydrogens is 375 g/mol. The van der Waals surface area contributed by atoms with E-state index in [1.807, 2.05) is 19.9 Å². The molecule has 7 heteroatoms. The maximum atomic E-state index is 13.5. The van der Waals surface area contributed by atoms with Gasteiger partial charge in [-0.2, -0.15) is 0 Å². The van der Waals surface area contributed by atoms with Crippen molar-refractivity contribution in [1.29, 1.82) is 0 Å². The minimum absolute atomic E-state index is 0.0401. The number of fused-ring (bicyclic) bond motifs is 1. The molecule has 0 saturated carbocycles. The summed E-state index contributed by atoms with van der Waals surface area (Å²) in [6, 6.07) is 11.4. The average Bonchev–Trinajstić information content (AvgIpc) is 2.61. The largest absolute Gasteiger partial charge is 0.378 e. The monoisotopic (exact) mass is 392 g/mol. The number of hydrogen-bond donors (Lipinski definition) is 0. The quantitative estimate of drug-likeness (QED) is 0.346. The van der Waals surface area contributed by atoms with Gasteiger partial charge in [-0.25, -0.2) is 9.37 Å². The van der Waals surface area contributed by atoms with Crippen molar-refractivity contribution < 1.29 is 9.13 Å². The molecule has 26 heavy (non-hydrogen) atoms.